The standard InChI is InChI=1S/C22H17N7O/c1-28-13-17(11-24)19-8-15(3-5-20(19)28)9-22(30)26-21-6-7-29(27-21)14-18-4-2-16(10-23)12-25-18/h2-8,12-13H,9,14H2,1H3,(H,26,27,30). The second kappa shape index (κ2) is 7.90. The summed E-state index contributed by atoms with van der Waals surface area (Å²) in [5.74, 6) is 0.262. The van der Waals surface area contributed by atoms with E-state index in [9.17, 15) is 10.1 Å². The number of nitriles is 2. The van der Waals surface area contributed by atoms with Gasteiger partial charge in [-0.3, -0.25) is 14.5 Å². The minimum absolute atomic E-state index is 0.180. The Bertz CT molecular complexity index is 1320. The quantitative estimate of drug-likeness (QED) is 0.558. The van der Waals surface area contributed by atoms with Crippen LogP contribution in [0.1, 0.15) is 22.4 Å². The maximum absolute atomic E-state index is 12.4. The Morgan fingerprint density at radius 2 is 2.03 bits per heavy atom. The Labute approximate surface area is 172 Å². The lowest BCUT2D eigenvalue weighted by atomic mass is 10.1. The number of anilines is 1. The highest BCUT2D eigenvalue weighted by molar-refractivity contribution is 5.93. The first-order chi connectivity index (χ1) is 14.6. The van der Waals surface area contributed by atoms with E-state index >= 15 is 0 Å². The van der Waals surface area contributed by atoms with Crippen LogP contribution in [0.4, 0.5) is 5.82 Å². The van der Waals surface area contributed by atoms with Crippen LogP contribution in [0.5, 0.6) is 0 Å². The average molecular weight is 395 g/mol. The molecule has 8 nitrogen and oxygen atoms in total. The number of rotatable bonds is 5. The van der Waals surface area contributed by atoms with Crippen molar-refractivity contribution >= 4 is 22.6 Å². The van der Waals surface area contributed by atoms with Gasteiger partial charge in [0.25, 0.3) is 0 Å². The molecule has 0 aliphatic rings. The van der Waals surface area contributed by atoms with E-state index in [1.165, 1.54) is 6.20 Å². The normalized spacial score (nSPS) is 10.5. The number of fused-ring (bicyclic) bond motifs is 1. The predicted molar refractivity (Wildman–Crippen MR) is 110 cm³/mol. The Kier molecular flexibility index (Phi) is 4.98. The van der Waals surface area contributed by atoms with Crippen LogP contribution >= 0.6 is 0 Å². The van der Waals surface area contributed by atoms with E-state index in [1.54, 1.807) is 35.3 Å². The molecule has 1 N–H and O–H groups in total. The molecule has 0 saturated heterocycles. The van der Waals surface area contributed by atoms with Crippen LogP contribution in [0.25, 0.3) is 10.9 Å². The molecule has 4 aromatic rings. The summed E-state index contributed by atoms with van der Waals surface area (Å²) in [5.41, 5.74) is 3.63. The summed E-state index contributed by atoms with van der Waals surface area (Å²) < 4.78 is 3.56. The lowest BCUT2D eigenvalue weighted by molar-refractivity contribution is -0.115. The number of hydrogen-bond donors (Lipinski definition) is 1. The first kappa shape index (κ1) is 18.9. The number of nitrogens with zero attached hydrogens (tertiary/aromatic N) is 6. The van der Waals surface area contributed by atoms with E-state index < -0.39 is 0 Å². The van der Waals surface area contributed by atoms with E-state index in [-0.39, 0.29) is 12.3 Å². The zero-order chi connectivity index (χ0) is 21.1. The Hall–Kier alpha value is -4.43. The predicted octanol–water partition coefficient (Wildman–Crippen LogP) is 2.74. The van der Waals surface area contributed by atoms with E-state index in [1.807, 2.05) is 35.9 Å². The number of nitrogens with one attached hydrogen (secondary N) is 1. The molecular weight excluding hydrogens is 378 g/mol. The molecule has 0 saturated carbocycles. The molecule has 3 aromatic heterocycles. The van der Waals surface area contributed by atoms with E-state index in [0.717, 1.165) is 22.2 Å². The van der Waals surface area contributed by atoms with Crippen LogP contribution in [0.2, 0.25) is 0 Å². The van der Waals surface area contributed by atoms with Crippen LogP contribution in [0, 0.1) is 22.7 Å². The average Bonchev–Trinajstić information content (AvgIpc) is 3.31. The van der Waals surface area contributed by atoms with Crippen molar-refractivity contribution in [3.8, 4) is 12.1 Å². The summed E-state index contributed by atoms with van der Waals surface area (Å²) in [4.78, 5) is 16.7. The van der Waals surface area contributed by atoms with Gasteiger partial charge in [0.15, 0.2) is 5.82 Å². The van der Waals surface area contributed by atoms with Crippen molar-refractivity contribution in [1.82, 2.24) is 19.3 Å². The highest BCUT2D eigenvalue weighted by atomic mass is 16.1. The number of benzene rings is 1. The maximum atomic E-state index is 12.4. The number of aromatic nitrogens is 4. The van der Waals surface area contributed by atoms with Gasteiger partial charge >= 0.3 is 0 Å². The summed E-state index contributed by atoms with van der Waals surface area (Å²) in [6, 6.07) is 15.1. The molecule has 0 radical (unpaired) electrons. The number of amides is 1. The smallest absolute Gasteiger partial charge is 0.229 e. The van der Waals surface area contributed by atoms with Crippen LogP contribution in [0.3, 0.4) is 0 Å². The molecule has 0 bridgehead atoms. The van der Waals surface area contributed by atoms with Gasteiger partial charge in [-0.2, -0.15) is 15.6 Å². The fourth-order valence-corrected chi connectivity index (χ4v) is 3.28. The van der Waals surface area contributed by atoms with Gasteiger partial charge in [-0.1, -0.05) is 6.07 Å². The van der Waals surface area contributed by atoms with E-state index in [4.69, 9.17) is 5.26 Å². The fourth-order valence-electron chi connectivity index (χ4n) is 3.28. The number of carbonyl (C=O) groups is 1. The first-order valence-corrected chi connectivity index (χ1v) is 9.22. The van der Waals surface area contributed by atoms with Gasteiger partial charge in [0, 0.05) is 42.6 Å². The minimum Gasteiger partial charge on any atom is -0.349 e. The van der Waals surface area contributed by atoms with Crippen LogP contribution < -0.4 is 5.32 Å². The van der Waals surface area contributed by atoms with Gasteiger partial charge in [0.05, 0.1) is 29.8 Å². The fraction of sp³-hybridized carbons (Fsp3) is 0.136. The second-order valence-corrected chi connectivity index (χ2v) is 6.89. The Morgan fingerprint density at radius 1 is 1.17 bits per heavy atom. The summed E-state index contributed by atoms with van der Waals surface area (Å²) in [5, 5.41) is 26.1. The molecule has 146 valence electrons. The highest BCUT2D eigenvalue weighted by Gasteiger charge is 2.11. The summed E-state index contributed by atoms with van der Waals surface area (Å²) in [7, 11) is 1.89. The number of hydrogen-bond acceptors (Lipinski definition) is 5. The van der Waals surface area contributed by atoms with Crippen molar-refractivity contribution < 1.29 is 4.79 Å². The largest absolute Gasteiger partial charge is 0.349 e. The zero-order valence-electron chi connectivity index (χ0n) is 16.2. The van der Waals surface area contributed by atoms with E-state index in [2.05, 4.69) is 21.5 Å². The van der Waals surface area contributed by atoms with Crippen molar-refractivity contribution in [2.45, 2.75) is 13.0 Å². The van der Waals surface area contributed by atoms with Gasteiger partial charge in [0.1, 0.15) is 12.1 Å². The molecule has 0 spiro atoms. The van der Waals surface area contributed by atoms with E-state index in [0.29, 0.717) is 23.5 Å². The molecule has 0 aliphatic carbocycles. The number of aryl methyl sites for hydroxylation is 1. The molecule has 1 aromatic carbocycles. The van der Waals surface area contributed by atoms with Crippen LogP contribution in [0.15, 0.2) is 55.0 Å². The third kappa shape index (κ3) is 3.89. The molecule has 3 heterocycles. The maximum Gasteiger partial charge on any atom is 0.229 e. The summed E-state index contributed by atoms with van der Waals surface area (Å²) >= 11 is 0. The molecule has 0 atom stereocenters. The Morgan fingerprint density at radius 3 is 2.77 bits per heavy atom. The zero-order valence-corrected chi connectivity index (χ0v) is 16.2. The van der Waals surface area contributed by atoms with Gasteiger partial charge in [-0.25, -0.2) is 0 Å². The molecule has 4 rings (SSSR count). The SMILES string of the molecule is Cn1cc(C#N)c2cc(CC(=O)Nc3ccn(Cc4ccc(C#N)cn4)n3)ccc21. The van der Waals surface area contributed by atoms with Crippen molar-refractivity contribution in [3.05, 3.63) is 77.4 Å². The lowest BCUT2D eigenvalue weighted by Crippen LogP contribution is -2.15. The molecule has 0 aliphatic heterocycles. The molecule has 30 heavy (non-hydrogen) atoms. The monoisotopic (exact) mass is 395 g/mol. The lowest BCUT2D eigenvalue weighted by Gasteiger charge is -2.04. The molecular formula is C22H17N7O. The van der Waals surface area contributed by atoms with Gasteiger partial charge in [0.2, 0.25) is 5.91 Å². The van der Waals surface area contributed by atoms with Crippen LogP contribution in [-0.2, 0) is 24.8 Å². The van der Waals surface area contributed by atoms with Crippen molar-refractivity contribution in [2.24, 2.45) is 7.05 Å². The Balaban J connectivity index is 1.41. The van der Waals surface area contributed by atoms with Crippen LogP contribution in [-0.4, -0.2) is 25.2 Å². The van der Waals surface area contributed by atoms with Crippen molar-refractivity contribution in [3.63, 3.8) is 0 Å². The summed E-state index contributed by atoms with van der Waals surface area (Å²) in [6.45, 7) is 0.434. The van der Waals surface area contributed by atoms with Crippen molar-refractivity contribution in [1.29, 1.82) is 10.5 Å². The minimum atomic E-state index is -0.189. The third-order valence-corrected chi connectivity index (χ3v) is 4.72. The van der Waals surface area contributed by atoms with Gasteiger partial charge < -0.3 is 9.88 Å². The first-order valence-electron chi connectivity index (χ1n) is 9.22. The second-order valence-electron chi connectivity index (χ2n) is 6.89. The molecule has 1 amide bonds. The summed E-state index contributed by atoms with van der Waals surface area (Å²) in [6.07, 6.45) is 5.23. The van der Waals surface area contributed by atoms with Gasteiger partial charge in [-0.15, -0.1) is 0 Å². The molecule has 0 fully saturated rings. The molecule has 0 unspecified atom stereocenters. The number of carbonyl (C=O) groups excluding carboxylic acids is 1. The molecule has 8 heteroatoms. The third-order valence-electron chi connectivity index (χ3n) is 4.72. The van der Waals surface area contributed by atoms with Gasteiger partial charge in [-0.05, 0) is 29.8 Å². The number of pyridine rings is 1. The van der Waals surface area contributed by atoms with Crippen molar-refractivity contribution in [2.75, 3.05) is 5.32 Å². The topological polar surface area (TPSA) is 112 Å². The highest BCUT2D eigenvalue weighted by Crippen LogP contribution is 2.22.